The number of nitrogens with two attached hydrogens (primary N) is 1. The molecule has 0 radical (unpaired) electrons. The third-order valence-corrected chi connectivity index (χ3v) is 5.85. The molecule has 0 aliphatic carbocycles. The Hall–Kier alpha value is -2.08. The van der Waals surface area contributed by atoms with E-state index in [9.17, 15) is 8.42 Å². The fraction of sp³-hybridized carbons (Fsp3) is 0.400. The van der Waals surface area contributed by atoms with Gasteiger partial charge in [-0.15, -0.1) is 15.3 Å². The second kappa shape index (κ2) is 6.91. The molecular formula is C15H19N7O2S2. The van der Waals surface area contributed by atoms with Crippen LogP contribution in [0.5, 0.6) is 0 Å². The maximum absolute atomic E-state index is 11.1. The number of primary sulfonamides is 1. The molecule has 3 aromatic rings. The highest BCUT2D eigenvalue weighted by Gasteiger charge is 2.20. The standard InChI is InChI=1S/C15H19N7O2S2/c16-26(23,24)10-8-20-4-6-21(7-5-20)14-2-1-13-17-18-15(22(13)19-14)12-3-9-25-11-12/h1-3,9,11H,4-8,10H2,(H2,16,23,24). The summed E-state index contributed by atoms with van der Waals surface area (Å²) in [5.41, 5.74) is 1.71. The average Bonchev–Trinajstić information content (AvgIpc) is 3.28. The van der Waals surface area contributed by atoms with Crippen molar-refractivity contribution in [1.29, 1.82) is 0 Å². The van der Waals surface area contributed by atoms with E-state index in [2.05, 4.69) is 20.0 Å². The summed E-state index contributed by atoms with van der Waals surface area (Å²) in [7, 11) is -3.42. The summed E-state index contributed by atoms with van der Waals surface area (Å²) < 4.78 is 24.0. The van der Waals surface area contributed by atoms with Crippen LogP contribution in [0.4, 0.5) is 5.82 Å². The Morgan fingerprint density at radius 2 is 1.92 bits per heavy atom. The molecule has 0 amide bonds. The average molecular weight is 393 g/mol. The molecule has 1 saturated heterocycles. The zero-order valence-corrected chi connectivity index (χ0v) is 15.7. The summed E-state index contributed by atoms with van der Waals surface area (Å²) >= 11 is 1.61. The first kappa shape index (κ1) is 17.3. The molecule has 1 aliphatic heterocycles. The van der Waals surface area contributed by atoms with Crippen molar-refractivity contribution in [2.24, 2.45) is 5.14 Å². The third kappa shape index (κ3) is 3.70. The second-order valence-corrected chi connectivity index (χ2v) is 8.71. The molecule has 0 aromatic carbocycles. The van der Waals surface area contributed by atoms with Crippen molar-refractivity contribution in [2.45, 2.75) is 0 Å². The number of nitrogens with zero attached hydrogens (tertiary/aromatic N) is 6. The molecule has 0 bridgehead atoms. The number of fused-ring (bicyclic) bond motifs is 1. The normalized spacial score (nSPS) is 16.4. The van der Waals surface area contributed by atoms with Gasteiger partial charge in [0.2, 0.25) is 10.0 Å². The molecule has 26 heavy (non-hydrogen) atoms. The van der Waals surface area contributed by atoms with Crippen molar-refractivity contribution in [3.05, 3.63) is 29.0 Å². The van der Waals surface area contributed by atoms with E-state index in [1.807, 2.05) is 29.0 Å². The van der Waals surface area contributed by atoms with Crippen molar-refractivity contribution in [3.63, 3.8) is 0 Å². The van der Waals surface area contributed by atoms with Crippen LogP contribution in [0.1, 0.15) is 0 Å². The van der Waals surface area contributed by atoms with Crippen molar-refractivity contribution < 1.29 is 8.42 Å². The van der Waals surface area contributed by atoms with Crippen molar-refractivity contribution >= 4 is 32.8 Å². The van der Waals surface area contributed by atoms with Crippen LogP contribution in [0, 0.1) is 0 Å². The van der Waals surface area contributed by atoms with Gasteiger partial charge in [0.25, 0.3) is 0 Å². The highest BCUT2D eigenvalue weighted by atomic mass is 32.2. The number of hydrogen-bond donors (Lipinski definition) is 1. The van der Waals surface area contributed by atoms with Gasteiger partial charge in [-0.25, -0.2) is 13.6 Å². The van der Waals surface area contributed by atoms with Gasteiger partial charge in [-0.05, 0) is 23.6 Å². The molecule has 0 unspecified atom stereocenters. The van der Waals surface area contributed by atoms with Crippen LogP contribution in [0.25, 0.3) is 17.0 Å². The van der Waals surface area contributed by atoms with Gasteiger partial charge in [-0.1, -0.05) is 0 Å². The Balaban J connectivity index is 1.49. The minimum atomic E-state index is -3.42. The van der Waals surface area contributed by atoms with Gasteiger partial charge in [-0.2, -0.15) is 15.9 Å². The third-order valence-electron chi connectivity index (χ3n) is 4.42. The maximum atomic E-state index is 11.1. The van der Waals surface area contributed by atoms with Gasteiger partial charge in [-0.3, -0.25) is 4.90 Å². The number of thiophene rings is 1. The lowest BCUT2D eigenvalue weighted by molar-refractivity contribution is 0.271. The van der Waals surface area contributed by atoms with E-state index < -0.39 is 10.0 Å². The van der Waals surface area contributed by atoms with Gasteiger partial charge in [0.15, 0.2) is 11.5 Å². The van der Waals surface area contributed by atoms with Crippen LogP contribution >= 0.6 is 11.3 Å². The van der Waals surface area contributed by atoms with Gasteiger partial charge in [0.1, 0.15) is 5.82 Å². The number of piperazine rings is 1. The van der Waals surface area contributed by atoms with E-state index in [-0.39, 0.29) is 5.75 Å². The predicted molar refractivity (Wildman–Crippen MR) is 101 cm³/mol. The first-order valence-corrected chi connectivity index (χ1v) is 10.9. The van der Waals surface area contributed by atoms with Gasteiger partial charge < -0.3 is 4.90 Å². The summed E-state index contributed by atoms with van der Waals surface area (Å²) in [6, 6.07) is 5.86. The highest BCUT2D eigenvalue weighted by Crippen LogP contribution is 2.22. The Labute approximate surface area is 155 Å². The zero-order valence-electron chi connectivity index (χ0n) is 14.0. The fourth-order valence-corrected chi connectivity index (χ4v) is 4.12. The van der Waals surface area contributed by atoms with Crippen LogP contribution in [0.2, 0.25) is 0 Å². The van der Waals surface area contributed by atoms with Crippen LogP contribution in [0.3, 0.4) is 0 Å². The molecule has 4 heterocycles. The Morgan fingerprint density at radius 1 is 1.12 bits per heavy atom. The number of rotatable bonds is 5. The lowest BCUT2D eigenvalue weighted by Crippen LogP contribution is -2.48. The molecule has 2 N–H and O–H groups in total. The summed E-state index contributed by atoms with van der Waals surface area (Å²) in [6.07, 6.45) is 0. The highest BCUT2D eigenvalue weighted by molar-refractivity contribution is 7.89. The zero-order chi connectivity index (χ0) is 18.1. The maximum Gasteiger partial charge on any atom is 0.210 e. The van der Waals surface area contributed by atoms with Gasteiger partial charge in [0, 0.05) is 43.7 Å². The van der Waals surface area contributed by atoms with E-state index in [1.165, 1.54) is 0 Å². The Bertz CT molecular complexity index is 992. The number of hydrogen-bond acceptors (Lipinski definition) is 8. The lowest BCUT2D eigenvalue weighted by atomic mass is 10.3. The molecule has 0 atom stereocenters. The minimum Gasteiger partial charge on any atom is -0.353 e. The van der Waals surface area contributed by atoms with Gasteiger partial charge >= 0.3 is 0 Å². The first-order chi connectivity index (χ1) is 12.5. The molecule has 1 fully saturated rings. The molecule has 1 aliphatic rings. The molecular weight excluding hydrogens is 374 g/mol. The van der Waals surface area contributed by atoms with E-state index in [0.29, 0.717) is 12.2 Å². The molecule has 11 heteroatoms. The van der Waals surface area contributed by atoms with Crippen LogP contribution in [-0.2, 0) is 10.0 Å². The lowest BCUT2D eigenvalue weighted by Gasteiger charge is -2.35. The van der Waals surface area contributed by atoms with E-state index in [0.717, 1.165) is 43.4 Å². The minimum absolute atomic E-state index is 0.0120. The molecule has 9 nitrogen and oxygen atoms in total. The monoisotopic (exact) mass is 393 g/mol. The van der Waals surface area contributed by atoms with E-state index in [4.69, 9.17) is 10.2 Å². The van der Waals surface area contributed by atoms with Crippen molar-refractivity contribution in [1.82, 2.24) is 24.7 Å². The topological polar surface area (TPSA) is 110 Å². The van der Waals surface area contributed by atoms with Crippen LogP contribution in [-0.4, -0.2) is 71.6 Å². The SMILES string of the molecule is NS(=O)(=O)CCN1CCN(c2ccc3nnc(-c4ccsc4)n3n2)CC1. The Kier molecular flexibility index (Phi) is 4.61. The summed E-state index contributed by atoms with van der Waals surface area (Å²) in [5, 5.41) is 22.2. The quantitative estimate of drug-likeness (QED) is 0.662. The van der Waals surface area contributed by atoms with Crippen LogP contribution < -0.4 is 10.0 Å². The van der Waals surface area contributed by atoms with E-state index >= 15 is 0 Å². The molecule has 4 rings (SSSR count). The number of sulfonamides is 1. The molecule has 138 valence electrons. The van der Waals surface area contributed by atoms with Crippen LogP contribution in [0.15, 0.2) is 29.0 Å². The largest absolute Gasteiger partial charge is 0.353 e. The van der Waals surface area contributed by atoms with E-state index in [1.54, 1.807) is 15.9 Å². The predicted octanol–water partition coefficient (Wildman–Crippen LogP) is 0.263. The van der Waals surface area contributed by atoms with Crippen molar-refractivity contribution in [2.75, 3.05) is 43.4 Å². The van der Waals surface area contributed by atoms with Gasteiger partial charge in [0.05, 0.1) is 5.75 Å². The Morgan fingerprint density at radius 3 is 2.62 bits per heavy atom. The summed E-state index contributed by atoms with van der Waals surface area (Å²) in [5.74, 6) is 1.58. The molecule has 3 aromatic heterocycles. The van der Waals surface area contributed by atoms with Crippen molar-refractivity contribution in [3.8, 4) is 11.4 Å². The molecule has 0 saturated carbocycles. The molecule has 0 spiro atoms. The summed E-state index contributed by atoms with van der Waals surface area (Å²) in [4.78, 5) is 4.29. The first-order valence-electron chi connectivity index (χ1n) is 8.22. The number of anilines is 1. The fourth-order valence-electron chi connectivity index (χ4n) is 2.98. The smallest absolute Gasteiger partial charge is 0.210 e. The number of aromatic nitrogens is 4. The summed E-state index contributed by atoms with van der Waals surface area (Å²) in [6.45, 7) is 3.56. The second-order valence-electron chi connectivity index (χ2n) is 6.19.